The number of carboxylic acid groups (broad SMARTS) is 1. The Hall–Kier alpha value is -1.92. The van der Waals surface area contributed by atoms with Crippen LogP contribution in [0.5, 0.6) is 0 Å². The van der Waals surface area contributed by atoms with Gasteiger partial charge >= 0.3 is 5.97 Å². The summed E-state index contributed by atoms with van der Waals surface area (Å²) in [6, 6.07) is 6.45. The Balaban J connectivity index is 1.77. The first-order chi connectivity index (χ1) is 11.1. The van der Waals surface area contributed by atoms with Crippen LogP contribution in [0.4, 0.5) is 0 Å². The van der Waals surface area contributed by atoms with Gasteiger partial charge in [-0.05, 0) is 24.1 Å². The van der Waals surface area contributed by atoms with Crippen LogP contribution in [0.3, 0.4) is 0 Å². The third-order valence-electron chi connectivity index (χ3n) is 3.98. The summed E-state index contributed by atoms with van der Waals surface area (Å²) in [6.45, 7) is 3.29. The largest absolute Gasteiger partial charge is 0.478 e. The first-order valence-electron chi connectivity index (χ1n) is 7.77. The lowest BCUT2D eigenvalue weighted by atomic mass is 10.1. The van der Waals surface area contributed by atoms with Crippen molar-refractivity contribution < 1.29 is 24.2 Å². The highest BCUT2D eigenvalue weighted by Crippen LogP contribution is 2.18. The number of methoxy groups -OCH3 is 1. The highest BCUT2D eigenvalue weighted by atomic mass is 16.5. The molecule has 0 spiro atoms. The third-order valence-corrected chi connectivity index (χ3v) is 3.98. The van der Waals surface area contributed by atoms with E-state index in [1.807, 2.05) is 4.90 Å². The van der Waals surface area contributed by atoms with Crippen molar-refractivity contribution in [3.63, 3.8) is 0 Å². The Morgan fingerprint density at radius 1 is 1.26 bits per heavy atom. The van der Waals surface area contributed by atoms with Crippen LogP contribution in [0.1, 0.15) is 22.3 Å². The lowest BCUT2D eigenvalue weighted by molar-refractivity contribution is -0.129. The van der Waals surface area contributed by atoms with Crippen LogP contribution in [0.15, 0.2) is 24.3 Å². The van der Waals surface area contributed by atoms with E-state index in [0.717, 1.165) is 25.1 Å². The monoisotopic (exact) mass is 321 g/mol. The normalized spacial score (nSPS) is 17.4. The van der Waals surface area contributed by atoms with E-state index in [-0.39, 0.29) is 11.5 Å². The molecule has 0 radical (unpaired) electrons. The average molecular weight is 321 g/mol. The predicted molar refractivity (Wildman–Crippen MR) is 84.5 cm³/mol. The molecule has 0 saturated carbocycles. The Kier molecular flexibility index (Phi) is 6.55. The third kappa shape index (κ3) is 5.33. The number of ether oxygens (including phenoxy) is 2. The second-order valence-corrected chi connectivity index (χ2v) is 5.74. The Bertz CT molecular complexity index is 528. The van der Waals surface area contributed by atoms with Gasteiger partial charge in [0.2, 0.25) is 5.91 Å². The first kappa shape index (κ1) is 17.4. The van der Waals surface area contributed by atoms with E-state index in [1.54, 1.807) is 19.2 Å². The van der Waals surface area contributed by atoms with Crippen LogP contribution in [0.25, 0.3) is 0 Å². The minimum absolute atomic E-state index is 0.0764. The zero-order valence-corrected chi connectivity index (χ0v) is 13.4. The molecule has 1 heterocycles. The molecule has 1 atom stereocenters. The van der Waals surface area contributed by atoms with Crippen LogP contribution >= 0.6 is 0 Å². The number of aromatic carboxylic acids is 1. The van der Waals surface area contributed by atoms with Crippen LogP contribution in [0, 0.1) is 5.92 Å². The number of rotatable bonds is 8. The van der Waals surface area contributed by atoms with Crippen LogP contribution < -0.4 is 0 Å². The molecular weight excluding hydrogens is 298 g/mol. The number of carbonyl (C=O) groups excluding carboxylic acids is 1. The van der Waals surface area contributed by atoms with Crippen molar-refractivity contribution in [2.75, 3.05) is 40.0 Å². The molecule has 1 N–H and O–H groups in total. The van der Waals surface area contributed by atoms with Crippen molar-refractivity contribution in [3.8, 4) is 0 Å². The molecule has 126 valence electrons. The molecule has 1 amide bonds. The maximum absolute atomic E-state index is 12.3. The highest BCUT2D eigenvalue weighted by molar-refractivity contribution is 5.87. The predicted octanol–water partition coefficient (Wildman–Crippen LogP) is 1.44. The molecule has 1 fully saturated rings. The topological polar surface area (TPSA) is 76.1 Å². The number of carboxylic acids is 1. The van der Waals surface area contributed by atoms with E-state index in [0.29, 0.717) is 32.2 Å². The van der Waals surface area contributed by atoms with Crippen molar-refractivity contribution in [2.45, 2.75) is 12.8 Å². The Morgan fingerprint density at radius 2 is 2.00 bits per heavy atom. The molecular formula is C17H23NO5. The zero-order valence-electron chi connectivity index (χ0n) is 13.4. The number of hydrogen-bond acceptors (Lipinski definition) is 4. The van der Waals surface area contributed by atoms with Crippen LogP contribution in [0.2, 0.25) is 0 Å². The molecule has 0 bridgehead atoms. The second-order valence-electron chi connectivity index (χ2n) is 5.74. The fraction of sp³-hybridized carbons (Fsp3) is 0.529. The van der Waals surface area contributed by atoms with Crippen molar-refractivity contribution >= 4 is 11.9 Å². The van der Waals surface area contributed by atoms with Crippen LogP contribution in [-0.2, 0) is 20.7 Å². The summed E-state index contributed by atoms with van der Waals surface area (Å²) in [6.07, 6.45) is 1.26. The molecule has 1 aliphatic heterocycles. The first-order valence-corrected chi connectivity index (χ1v) is 7.77. The van der Waals surface area contributed by atoms with Gasteiger partial charge in [-0.1, -0.05) is 12.1 Å². The van der Waals surface area contributed by atoms with Crippen molar-refractivity contribution in [1.29, 1.82) is 0 Å². The van der Waals surface area contributed by atoms with E-state index in [2.05, 4.69) is 0 Å². The number of benzene rings is 1. The SMILES string of the molecule is COCCOCC1CCN(C(=O)Cc2ccc(C(=O)O)cc2)C1. The second kappa shape index (κ2) is 8.64. The van der Waals surface area contributed by atoms with Gasteiger partial charge < -0.3 is 19.5 Å². The maximum Gasteiger partial charge on any atom is 0.335 e. The molecule has 1 aromatic rings. The fourth-order valence-electron chi connectivity index (χ4n) is 2.64. The number of nitrogens with zero attached hydrogens (tertiary/aromatic N) is 1. The van der Waals surface area contributed by atoms with Gasteiger partial charge in [-0.3, -0.25) is 4.79 Å². The Labute approximate surface area is 136 Å². The van der Waals surface area contributed by atoms with Gasteiger partial charge in [-0.25, -0.2) is 4.79 Å². The fourth-order valence-corrected chi connectivity index (χ4v) is 2.64. The molecule has 6 heteroatoms. The minimum Gasteiger partial charge on any atom is -0.478 e. The summed E-state index contributed by atoms with van der Waals surface area (Å²) in [5.74, 6) is -0.503. The summed E-state index contributed by atoms with van der Waals surface area (Å²) >= 11 is 0. The van der Waals surface area contributed by atoms with Gasteiger partial charge in [0, 0.05) is 26.1 Å². The van der Waals surface area contributed by atoms with E-state index >= 15 is 0 Å². The lowest BCUT2D eigenvalue weighted by Crippen LogP contribution is -2.30. The van der Waals surface area contributed by atoms with Crippen molar-refractivity contribution in [1.82, 2.24) is 4.90 Å². The van der Waals surface area contributed by atoms with Gasteiger partial charge in [0.25, 0.3) is 0 Å². The summed E-state index contributed by atoms with van der Waals surface area (Å²) in [5, 5.41) is 8.87. The summed E-state index contributed by atoms with van der Waals surface area (Å²) in [4.78, 5) is 25.0. The standard InChI is InChI=1S/C17H23NO5/c1-22-8-9-23-12-14-6-7-18(11-14)16(19)10-13-2-4-15(5-3-13)17(20)21/h2-5,14H,6-12H2,1H3,(H,20,21). The summed E-state index contributed by atoms with van der Waals surface area (Å²) in [7, 11) is 1.64. The lowest BCUT2D eigenvalue weighted by Gasteiger charge is -2.17. The number of carbonyl (C=O) groups is 2. The molecule has 0 aliphatic carbocycles. The molecule has 1 unspecified atom stereocenters. The molecule has 0 aromatic heterocycles. The Morgan fingerprint density at radius 3 is 2.65 bits per heavy atom. The number of hydrogen-bond donors (Lipinski definition) is 1. The number of likely N-dealkylation sites (tertiary alicyclic amines) is 1. The van der Waals surface area contributed by atoms with Crippen molar-refractivity contribution in [2.24, 2.45) is 5.92 Å². The van der Waals surface area contributed by atoms with E-state index in [9.17, 15) is 9.59 Å². The van der Waals surface area contributed by atoms with E-state index < -0.39 is 5.97 Å². The van der Waals surface area contributed by atoms with Gasteiger partial charge in [0.1, 0.15) is 0 Å². The summed E-state index contributed by atoms with van der Waals surface area (Å²) < 4.78 is 10.5. The number of amides is 1. The van der Waals surface area contributed by atoms with Gasteiger partial charge in [-0.2, -0.15) is 0 Å². The smallest absolute Gasteiger partial charge is 0.335 e. The van der Waals surface area contributed by atoms with Gasteiger partial charge in [0.15, 0.2) is 0 Å². The molecule has 1 aliphatic rings. The molecule has 1 aromatic carbocycles. The minimum atomic E-state index is -0.960. The molecule has 6 nitrogen and oxygen atoms in total. The average Bonchev–Trinajstić information content (AvgIpc) is 3.01. The zero-order chi connectivity index (χ0) is 16.7. The summed E-state index contributed by atoms with van der Waals surface area (Å²) in [5.41, 5.74) is 1.07. The molecule has 1 saturated heterocycles. The molecule has 2 rings (SSSR count). The van der Waals surface area contributed by atoms with E-state index in [4.69, 9.17) is 14.6 Å². The maximum atomic E-state index is 12.3. The van der Waals surface area contributed by atoms with E-state index in [1.165, 1.54) is 12.1 Å². The van der Waals surface area contributed by atoms with Crippen LogP contribution in [-0.4, -0.2) is 61.9 Å². The van der Waals surface area contributed by atoms with Gasteiger partial charge in [-0.15, -0.1) is 0 Å². The van der Waals surface area contributed by atoms with Crippen molar-refractivity contribution in [3.05, 3.63) is 35.4 Å². The highest BCUT2D eigenvalue weighted by Gasteiger charge is 2.26. The van der Waals surface area contributed by atoms with Gasteiger partial charge in [0.05, 0.1) is 31.8 Å². The molecule has 23 heavy (non-hydrogen) atoms. The quantitative estimate of drug-likeness (QED) is 0.733.